The number of hydrogen-bond donors (Lipinski definition) is 2. The molecule has 0 saturated carbocycles. The molecule has 0 rings (SSSR count). The molecule has 0 saturated heterocycles. The molecule has 48 valence electrons. The van der Waals surface area contributed by atoms with Gasteiger partial charge in [-0.2, -0.15) is 0 Å². The smallest absolute Gasteiger partial charge is 0.362 e. The number of aliphatic carboxylic acids is 1. The monoisotopic (exact) mass is 118 g/mol. The third-order valence-electron chi connectivity index (χ3n) is 1.12. The molecule has 0 radical (unpaired) electrons. The van der Waals surface area contributed by atoms with Gasteiger partial charge < -0.3 is 10.8 Å². The SMILES string of the molecule is CC(C)[C@@H]([NH3+])C(=O)O. The van der Waals surface area contributed by atoms with Crippen LogP contribution in [0.15, 0.2) is 0 Å². The third kappa shape index (κ3) is 1.93. The van der Waals surface area contributed by atoms with Crippen molar-refractivity contribution < 1.29 is 15.6 Å². The summed E-state index contributed by atoms with van der Waals surface area (Å²) in [5, 5.41) is 8.29. The molecule has 0 fully saturated rings. The maximum atomic E-state index is 10.1. The number of rotatable bonds is 2. The van der Waals surface area contributed by atoms with E-state index >= 15 is 0 Å². The molecular weight excluding hydrogens is 106 g/mol. The van der Waals surface area contributed by atoms with Crippen LogP contribution in [0.4, 0.5) is 0 Å². The normalized spacial score (nSPS) is 14.0. The van der Waals surface area contributed by atoms with E-state index in [0.717, 1.165) is 0 Å². The fourth-order valence-electron chi connectivity index (χ4n) is 0.285. The molecule has 0 unspecified atom stereocenters. The van der Waals surface area contributed by atoms with Gasteiger partial charge in [-0.05, 0) is 0 Å². The third-order valence-corrected chi connectivity index (χ3v) is 1.12. The van der Waals surface area contributed by atoms with Gasteiger partial charge in [-0.25, -0.2) is 4.79 Å². The number of carbonyl (C=O) groups is 1. The minimum Gasteiger partial charge on any atom is -0.477 e. The van der Waals surface area contributed by atoms with Crippen LogP contribution in [0, 0.1) is 5.92 Å². The van der Waals surface area contributed by atoms with Gasteiger partial charge in [-0.15, -0.1) is 0 Å². The quantitative estimate of drug-likeness (QED) is 0.505. The fraction of sp³-hybridized carbons (Fsp3) is 0.800. The molecule has 0 bridgehead atoms. The summed E-state index contributed by atoms with van der Waals surface area (Å²) in [6.45, 7) is 3.68. The molecule has 8 heavy (non-hydrogen) atoms. The van der Waals surface area contributed by atoms with Gasteiger partial charge in [0, 0.05) is 5.92 Å². The summed E-state index contributed by atoms with van der Waals surface area (Å²) in [6.07, 6.45) is 0. The summed E-state index contributed by atoms with van der Waals surface area (Å²) in [5.74, 6) is -0.687. The lowest BCUT2D eigenvalue weighted by atomic mass is 10.1. The van der Waals surface area contributed by atoms with Gasteiger partial charge in [-0.3, -0.25) is 0 Å². The van der Waals surface area contributed by atoms with E-state index in [1.165, 1.54) is 0 Å². The van der Waals surface area contributed by atoms with Crippen LogP contribution in [0.1, 0.15) is 13.8 Å². The van der Waals surface area contributed by atoms with E-state index in [1.54, 1.807) is 0 Å². The lowest BCUT2D eigenvalue weighted by molar-refractivity contribution is -0.417. The Kier molecular flexibility index (Phi) is 2.48. The van der Waals surface area contributed by atoms with Crippen LogP contribution in [0.3, 0.4) is 0 Å². The molecule has 0 aromatic heterocycles. The Morgan fingerprint density at radius 3 is 2.00 bits per heavy atom. The van der Waals surface area contributed by atoms with Crippen molar-refractivity contribution in [2.24, 2.45) is 5.92 Å². The summed E-state index contributed by atoms with van der Waals surface area (Å²) in [5.41, 5.74) is 3.44. The fourth-order valence-corrected chi connectivity index (χ4v) is 0.285. The van der Waals surface area contributed by atoms with Crippen molar-refractivity contribution in [3.05, 3.63) is 0 Å². The van der Waals surface area contributed by atoms with Gasteiger partial charge >= 0.3 is 5.97 Å². The highest BCUT2D eigenvalue weighted by molar-refractivity contribution is 5.71. The molecule has 3 heteroatoms. The highest BCUT2D eigenvalue weighted by Gasteiger charge is 2.18. The van der Waals surface area contributed by atoms with Crippen molar-refractivity contribution in [2.75, 3.05) is 0 Å². The topological polar surface area (TPSA) is 64.9 Å². The molecule has 4 N–H and O–H groups in total. The second kappa shape index (κ2) is 2.67. The number of hydrogen-bond acceptors (Lipinski definition) is 1. The molecule has 0 aromatic carbocycles. The lowest BCUT2D eigenvalue weighted by Gasteiger charge is -2.04. The van der Waals surface area contributed by atoms with Crippen LogP contribution >= 0.6 is 0 Å². The second-order valence-corrected chi connectivity index (χ2v) is 2.19. The number of quaternary nitrogens is 1. The maximum Gasteiger partial charge on any atom is 0.362 e. The molecular formula is C5H12NO2+. The Morgan fingerprint density at radius 2 is 2.00 bits per heavy atom. The zero-order chi connectivity index (χ0) is 6.73. The van der Waals surface area contributed by atoms with Gasteiger partial charge in [-0.1, -0.05) is 13.8 Å². The van der Waals surface area contributed by atoms with Crippen LogP contribution < -0.4 is 5.73 Å². The van der Waals surface area contributed by atoms with Gasteiger partial charge in [0.2, 0.25) is 0 Å². The Labute approximate surface area is 48.5 Å². The minimum absolute atomic E-state index is 0.132. The van der Waals surface area contributed by atoms with Crippen molar-refractivity contribution in [2.45, 2.75) is 19.9 Å². The van der Waals surface area contributed by atoms with Crippen LogP contribution in [0.25, 0.3) is 0 Å². The Balaban J connectivity index is 3.64. The van der Waals surface area contributed by atoms with Crippen molar-refractivity contribution in [3.8, 4) is 0 Å². The predicted octanol–water partition coefficient (Wildman–Crippen LogP) is -0.662. The van der Waals surface area contributed by atoms with Gasteiger partial charge in [0.05, 0.1) is 0 Å². The summed E-state index contributed by atoms with van der Waals surface area (Å²) < 4.78 is 0. The van der Waals surface area contributed by atoms with Gasteiger partial charge in [0.25, 0.3) is 0 Å². The highest BCUT2D eigenvalue weighted by Crippen LogP contribution is 1.94. The molecule has 0 aliphatic rings. The largest absolute Gasteiger partial charge is 0.477 e. The molecule has 0 aliphatic heterocycles. The van der Waals surface area contributed by atoms with Crippen molar-refractivity contribution in [3.63, 3.8) is 0 Å². The first-order chi connectivity index (χ1) is 3.55. The van der Waals surface area contributed by atoms with E-state index in [4.69, 9.17) is 5.11 Å². The molecule has 0 amide bonds. The predicted molar refractivity (Wildman–Crippen MR) is 29.1 cm³/mol. The number of carboxylic acid groups (broad SMARTS) is 1. The molecule has 0 aromatic rings. The first kappa shape index (κ1) is 7.43. The van der Waals surface area contributed by atoms with E-state index in [-0.39, 0.29) is 5.92 Å². The van der Waals surface area contributed by atoms with Gasteiger partial charge in [0.1, 0.15) is 0 Å². The zero-order valence-electron chi connectivity index (χ0n) is 5.22. The van der Waals surface area contributed by atoms with Crippen LogP contribution in [-0.2, 0) is 4.79 Å². The van der Waals surface area contributed by atoms with Crippen LogP contribution in [-0.4, -0.2) is 17.1 Å². The van der Waals surface area contributed by atoms with Gasteiger partial charge in [0.15, 0.2) is 6.04 Å². The summed E-state index contributed by atoms with van der Waals surface area (Å²) in [4.78, 5) is 10.1. The Bertz CT molecular complexity index is 90.4. The second-order valence-electron chi connectivity index (χ2n) is 2.19. The average Bonchev–Trinajstić information content (AvgIpc) is 1.64. The average molecular weight is 118 g/mol. The summed E-state index contributed by atoms with van der Waals surface area (Å²) >= 11 is 0. The maximum absolute atomic E-state index is 10.1. The van der Waals surface area contributed by atoms with Crippen LogP contribution in [0.2, 0.25) is 0 Å². The van der Waals surface area contributed by atoms with Crippen molar-refractivity contribution in [1.82, 2.24) is 0 Å². The summed E-state index contributed by atoms with van der Waals surface area (Å²) in [7, 11) is 0. The summed E-state index contributed by atoms with van der Waals surface area (Å²) in [6, 6.07) is -0.463. The Morgan fingerprint density at radius 1 is 1.62 bits per heavy atom. The van der Waals surface area contributed by atoms with E-state index in [9.17, 15) is 4.79 Å². The van der Waals surface area contributed by atoms with Crippen molar-refractivity contribution >= 4 is 5.97 Å². The van der Waals surface area contributed by atoms with E-state index in [1.807, 2.05) is 13.8 Å². The first-order valence-electron chi connectivity index (χ1n) is 2.61. The highest BCUT2D eigenvalue weighted by atomic mass is 16.4. The molecule has 0 aliphatic carbocycles. The van der Waals surface area contributed by atoms with E-state index < -0.39 is 12.0 Å². The van der Waals surface area contributed by atoms with Crippen LogP contribution in [0.5, 0.6) is 0 Å². The molecule has 3 nitrogen and oxygen atoms in total. The zero-order valence-corrected chi connectivity index (χ0v) is 5.22. The molecule has 0 spiro atoms. The Hall–Kier alpha value is -0.570. The standard InChI is InChI=1S/C5H11NO2/c1-3(2)4(6)5(7)8/h3-4H,6H2,1-2H3,(H,7,8)/p+1/t4-/m1/s1. The minimum atomic E-state index is -0.819. The molecule has 0 heterocycles. The lowest BCUT2D eigenvalue weighted by Crippen LogP contribution is -2.67. The number of carboxylic acids is 1. The molecule has 1 atom stereocenters. The first-order valence-corrected chi connectivity index (χ1v) is 2.61. The van der Waals surface area contributed by atoms with E-state index in [0.29, 0.717) is 0 Å². The van der Waals surface area contributed by atoms with Crippen molar-refractivity contribution in [1.29, 1.82) is 0 Å². The van der Waals surface area contributed by atoms with E-state index in [2.05, 4.69) is 5.73 Å².